The number of carbonyl (C=O) groups excluding carboxylic acids is 2. The fraction of sp³-hybridized carbons (Fsp3) is 0.385. The number of benzene rings is 2. The summed E-state index contributed by atoms with van der Waals surface area (Å²) in [6, 6.07) is 16.7. The fourth-order valence-corrected chi connectivity index (χ4v) is 4.25. The van der Waals surface area contributed by atoms with Crippen LogP contribution < -0.4 is 10.6 Å². The number of nitrogens with zero attached hydrogens (tertiary/aromatic N) is 3. The topological polar surface area (TPSA) is 109 Å². The van der Waals surface area contributed by atoms with Crippen LogP contribution in [-0.2, 0) is 4.79 Å². The second-order valence-corrected chi connectivity index (χ2v) is 8.88. The molecule has 0 aromatic heterocycles. The van der Waals surface area contributed by atoms with E-state index in [4.69, 9.17) is 10.5 Å². The number of halogens is 1. The number of nitriles is 2. The van der Waals surface area contributed by atoms with Gasteiger partial charge < -0.3 is 15.5 Å². The van der Waals surface area contributed by atoms with Crippen LogP contribution >= 0.6 is 0 Å². The quantitative estimate of drug-likeness (QED) is 0.561. The monoisotopic (exact) mass is 459 g/mol. The van der Waals surface area contributed by atoms with Gasteiger partial charge >= 0.3 is 0 Å². The largest absolute Gasteiger partial charge is 0.340 e. The summed E-state index contributed by atoms with van der Waals surface area (Å²) >= 11 is 0. The first-order valence-corrected chi connectivity index (χ1v) is 11.5. The molecule has 0 radical (unpaired) electrons. The van der Waals surface area contributed by atoms with E-state index in [0.29, 0.717) is 55.6 Å². The van der Waals surface area contributed by atoms with Crippen LogP contribution in [0, 0.1) is 34.4 Å². The lowest BCUT2D eigenvalue weighted by molar-refractivity contribution is -0.138. The van der Waals surface area contributed by atoms with E-state index in [1.807, 2.05) is 18.2 Å². The summed E-state index contributed by atoms with van der Waals surface area (Å²) in [7, 11) is 0. The fourth-order valence-electron chi connectivity index (χ4n) is 4.25. The minimum Gasteiger partial charge on any atom is -0.340 e. The summed E-state index contributed by atoms with van der Waals surface area (Å²) in [5.74, 6) is -0.566. The van der Waals surface area contributed by atoms with Crippen molar-refractivity contribution in [3.63, 3.8) is 0 Å². The van der Waals surface area contributed by atoms with E-state index < -0.39 is 6.04 Å². The first kappa shape index (κ1) is 23.4. The van der Waals surface area contributed by atoms with Crippen LogP contribution in [0.5, 0.6) is 0 Å². The van der Waals surface area contributed by atoms with Gasteiger partial charge in [-0.3, -0.25) is 9.59 Å². The van der Waals surface area contributed by atoms with Crippen LogP contribution in [0.1, 0.15) is 46.7 Å². The Morgan fingerprint density at radius 1 is 1.09 bits per heavy atom. The summed E-state index contributed by atoms with van der Waals surface area (Å²) in [6.45, 7) is 1.47. The molecule has 1 saturated heterocycles. The Hall–Kier alpha value is -3.75. The van der Waals surface area contributed by atoms with Crippen molar-refractivity contribution >= 4 is 11.8 Å². The Bertz CT molecular complexity index is 1110. The number of likely N-dealkylation sites (tertiary alicyclic amines) is 1. The molecule has 1 heterocycles. The number of amides is 2. The smallest absolute Gasteiger partial charge is 0.251 e. The lowest BCUT2D eigenvalue weighted by Crippen LogP contribution is -2.56. The molecule has 8 heteroatoms. The van der Waals surface area contributed by atoms with Crippen molar-refractivity contribution in [2.75, 3.05) is 19.6 Å². The Kier molecular flexibility index (Phi) is 7.20. The molecule has 2 fully saturated rings. The summed E-state index contributed by atoms with van der Waals surface area (Å²) in [4.78, 5) is 27.3. The van der Waals surface area contributed by atoms with Crippen LogP contribution in [0.15, 0.2) is 48.5 Å². The van der Waals surface area contributed by atoms with Crippen LogP contribution in [0.2, 0.25) is 0 Å². The van der Waals surface area contributed by atoms with Gasteiger partial charge in [-0.05, 0) is 67.8 Å². The Morgan fingerprint density at radius 2 is 1.79 bits per heavy atom. The molecule has 174 valence electrons. The second-order valence-electron chi connectivity index (χ2n) is 8.88. The summed E-state index contributed by atoms with van der Waals surface area (Å²) < 4.78 is 13.1. The van der Waals surface area contributed by atoms with Crippen LogP contribution in [-0.4, -0.2) is 48.4 Å². The van der Waals surface area contributed by atoms with Crippen molar-refractivity contribution < 1.29 is 14.0 Å². The second kappa shape index (κ2) is 10.5. The lowest BCUT2D eigenvalue weighted by Gasteiger charge is -2.37. The Balaban J connectivity index is 1.29. The number of hydrogen-bond donors (Lipinski definition) is 2. The van der Waals surface area contributed by atoms with E-state index >= 15 is 0 Å². The third kappa shape index (κ3) is 5.59. The van der Waals surface area contributed by atoms with Gasteiger partial charge in [-0.2, -0.15) is 10.5 Å². The number of rotatable bonds is 9. The highest BCUT2D eigenvalue weighted by atomic mass is 19.1. The van der Waals surface area contributed by atoms with Crippen molar-refractivity contribution in [1.29, 1.82) is 10.5 Å². The first-order chi connectivity index (χ1) is 16.5. The normalized spacial score (nSPS) is 19.9. The standard InChI is InChI=1S/C26H26FN5O2/c27-21-9-7-19(8-10-21)22-12-24(22)30-11-1-2-23(26(34)32-15-18(14-29)16-32)31-25(33)20-5-3-17(13-28)4-6-20/h3-10,18,22-24,30H,1-2,11-12,15-16H2,(H,31,33)/t22-,23-,24+/m0/s1. The molecule has 7 nitrogen and oxygen atoms in total. The zero-order valence-electron chi connectivity index (χ0n) is 18.7. The number of carbonyl (C=O) groups is 2. The predicted octanol–water partition coefficient (Wildman–Crippen LogP) is 2.70. The van der Waals surface area contributed by atoms with Gasteiger partial charge in [0, 0.05) is 30.6 Å². The predicted molar refractivity (Wildman–Crippen MR) is 123 cm³/mol. The van der Waals surface area contributed by atoms with Gasteiger partial charge in [-0.25, -0.2) is 4.39 Å². The molecule has 1 saturated carbocycles. The van der Waals surface area contributed by atoms with Gasteiger partial charge in [-0.1, -0.05) is 12.1 Å². The van der Waals surface area contributed by atoms with Gasteiger partial charge in [-0.15, -0.1) is 0 Å². The van der Waals surface area contributed by atoms with E-state index in [2.05, 4.69) is 16.7 Å². The first-order valence-electron chi connectivity index (χ1n) is 11.5. The summed E-state index contributed by atoms with van der Waals surface area (Å²) in [5.41, 5.74) is 1.96. The van der Waals surface area contributed by atoms with E-state index in [1.165, 1.54) is 12.1 Å². The van der Waals surface area contributed by atoms with Gasteiger partial charge in [0.1, 0.15) is 11.9 Å². The van der Waals surface area contributed by atoms with Crippen molar-refractivity contribution in [2.45, 2.75) is 37.3 Å². The highest BCUT2D eigenvalue weighted by Crippen LogP contribution is 2.40. The zero-order valence-corrected chi connectivity index (χ0v) is 18.7. The van der Waals surface area contributed by atoms with Crippen LogP contribution in [0.25, 0.3) is 0 Å². The Morgan fingerprint density at radius 3 is 2.44 bits per heavy atom. The average molecular weight is 460 g/mol. The highest BCUT2D eigenvalue weighted by molar-refractivity contribution is 5.97. The highest BCUT2D eigenvalue weighted by Gasteiger charge is 2.38. The molecule has 2 N–H and O–H groups in total. The molecule has 34 heavy (non-hydrogen) atoms. The molecule has 1 aliphatic heterocycles. The third-order valence-corrected chi connectivity index (χ3v) is 6.42. The van der Waals surface area contributed by atoms with Crippen molar-refractivity contribution in [3.05, 3.63) is 71.0 Å². The SMILES string of the molecule is N#Cc1ccc(C(=O)N[C@@H](CCCN[C@@H]2C[C@H]2c2ccc(F)cc2)C(=O)N2CC(C#N)C2)cc1. The Labute approximate surface area is 198 Å². The summed E-state index contributed by atoms with van der Waals surface area (Å²) in [5, 5.41) is 24.3. The van der Waals surface area contributed by atoms with E-state index in [9.17, 15) is 14.0 Å². The van der Waals surface area contributed by atoms with Crippen LogP contribution in [0.4, 0.5) is 4.39 Å². The molecule has 0 spiro atoms. The minimum absolute atomic E-state index is 0.154. The molecule has 2 aliphatic rings. The maximum Gasteiger partial charge on any atom is 0.251 e. The van der Waals surface area contributed by atoms with Crippen molar-refractivity contribution in [1.82, 2.24) is 15.5 Å². The average Bonchev–Trinajstić information content (AvgIpc) is 3.60. The summed E-state index contributed by atoms with van der Waals surface area (Å²) in [6.07, 6.45) is 2.15. The number of hydrogen-bond acceptors (Lipinski definition) is 5. The van der Waals surface area contributed by atoms with Gasteiger partial charge in [0.05, 0.1) is 23.6 Å². The van der Waals surface area contributed by atoms with E-state index in [0.717, 1.165) is 12.0 Å². The number of nitrogens with one attached hydrogen (secondary N) is 2. The molecule has 2 aromatic carbocycles. The molecule has 1 aliphatic carbocycles. The molecule has 0 unspecified atom stereocenters. The minimum atomic E-state index is -0.684. The molecular weight excluding hydrogens is 433 g/mol. The zero-order chi connectivity index (χ0) is 24.1. The molecule has 0 bridgehead atoms. The van der Waals surface area contributed by atoms with Gasteiger partial charge in [0.2, 0.25) is 5.91 Å². The third-order valence-electron chi connectivity index (χ3n) is 6.42. The van der Waals surface area contributed by atoms with Gasteiger partial charge in [0.15, 0.2) is 0 Å². The van der Waals surface area contributed by atoms with Gasteiger partial charge in [0.25, 0.3) is 5.91 Å². The molecule has 3 atom stereocenters. The molecule has 2 aromatic rings. The van der Waals surface area contributed by atoms with E-state index in [1.54, 1.807) is 29.2 Å². The maximum atomic E-state index is 13.1. The van der Waals surface area contributed by atoms with E-state index in [-0.39, 0.29) is 23.5 Å². The van der Waals surface area contributed by atoms with Crippen molar-refractivity contribution in [2.24, 2.45) is 5.92 Å². The molecular formula is C26H26FN5O2. The van der Waals surface area contributed by atoms with Crippen molar-refractivity contribution in [3.8, 4) is 12.1 Å². The van der Waals surface area contributed by atoms with Crippen LogP contribution in [0.3, 0.4) is 0 Å². The molecule has 4 rings (SSSR count). The lowest BCUT2D eigenvalue weighted by atomic mass is 9.99. The maximum absolute atomic E-state index is 13.1. The molecule has 2 amide bonds.